The van der Waals surface area contributed by atoms with Crippen molar-refractivity contribution in [3.8, 4) is 0 Å². The van der Waals surface area contributed by atoms with Crippen molar-refractivity contribution in [1.82, 2.24) is 5.32 Å². The predicted molar refractivity (Wildman–Crippen MR) is 120 cm³/mol. The molecule has 3 rings (SSSR count). The standard InChI is InChI=1S/C25H31NO6/c1-3-14-30-24-22(26-18(2)27)25(28)32-21(17-29-15-19-10-6-4-7-11-19)23(24)31-16-20-12-8-5-9-13-20/h3-13,21-25,28H,1,14-17H2,2H3,(H,26,27)/t21-,22-,23-,24-,25+/m1/s1. The van der Waals surface area contributed by atoms with E-state index in [4.69, 9.17) is 18.9 Å². The molecule has 2 N–H and O–H groups in total. The van der Waals surface area contributed by atoms with E-state index in [0.717, 1.165) is 11.1 Å². The maximum absolute atomic E-state index is 11.8. The maximum Gasteiger partial charge on any atom is 0.217 e. The molecule has 0 spiro atoms. The van der Waals surface area contributed by atoms with Gasteiger partial charge < -0.3 is 29.4 Å². The van der Waals surface area contributed by atoms with Crippen LogP contribution in [0.5, 0.6) is 0 Å². The molecule has 1 aliphatic rings. The Morgan fingerprint density at radius 1 is 1.03 bits per heavy atom. The number of ether oxygens (including phenoxy) is 4. The van der Waals surface area contributed by atoms with Gasteiger partial charge in [0, 0.05) is 6.92 Å². The lowest BCUT2D eigenvalue weighted by molar-refractivity contribution is -0.274. The SMILES string of the molecule is C=CCO[C@@H]1[C@@H](NC(C)=O)[C@@H](O)O[C@H](COCc2ccccc2)[C@H]1OCc1ccccc1. The zero-order valence-corrected chi connectivity index (χ0v) is 18.3. The van der Waals surface area contributed by atoms with Crippen LogP contribution in [0.25, 0.3) is 0 Å². The molecule has 172 valence electrons. The largest absolute Gasteiger partial charge is 0.374 e. The normalized spacial score (nSPS) is 25.2. The molecule has 2 aromatic rings. The summed E-state index contributed by atoms with van der Waals surface area (Å²) in [6.07, 6.45) is -1.50. The summed E-state index contributed by atoms with van der Waals surface area (Å²) >= 11 is 0. The Kier molecular flexibility index (Phi) is 9.40. The number of aliphatic hydroxyl groups is 1. The Morgan fingerprint density at radius 3 is 2.25 bits per heavy atom. The van der Waals surface area contributed by atoms with Gasteiger partial charge in [-0.15, -0.1) is 6.58 Å². The van der Waals surface area contributed by atoms with E-state index in [-0.39, 0.29) is 19.1 Å². The molecule has 0 aliphatic carbocycles. The highest BCUT2D eigenvalue weighted by atomic mass is 16.7. The molecular weight excluding hydrogens is 410 g/mol. The van der Waals surface area contributed by atoms with Crippen LogP contribution < -0.4 is 5.32 Å². The first-order valence-corrected chi connectivity index (χ1v) is 10.7. The predicted octanol–water partition coefficient (Wildman–Crippen LogP) is 2.58. The molecule has 7 nitrogen and oxygen atoms in total. The molecule has 1 fully saturated rings. The summed E-state index contributed by atoms with van der Waals surface area (Å²) in [5, 5.41) is 13.4. The zero-order valence-electron chi connectivity index (χ0n) is 18.3. The second-order valence-electron chi connectivity index (χ2n) is 7.64. The molecule has 0 saturated carbocycles. The third kappa shape index (κ3) is 6.98. The number of benzene rings is 2. The van der Waals surface area contributed by atoms with Crippen molar-refractivity contribution >= 4 is 5.91 Å². The molecule has 32 heavy (non-hydrogen) atoms. The van der Waals surface area contributed by atoms with Crippen LogP contribution in [0.4, 0.5) is 0 Å². The first-order valence-electron chi connectivity index (χ1n) is 10.7. The van der Waals surface area contributed by atoms with Crippen LogP contribution in [0.3, 0.4) is 0 Å². The van der Waals surface area contributed by atoms with E-state index in [1.807, 2.05) is 60.7 Å². The van der Waals surface area contributed by atoms with Crippen molar-refractivity contribution in [2.45, 2.75) is 50.8 Å². The van der Waals surface area contributed by atoms with E-state index in [1.54, 1.807) is 6.08 Å². The molecule has 0 bridgehead atoms. The van der Waals surface area contributed by atoms with Crippen molar-refractivity contribution in [3.05, 3.63) is 84.4 Å². The molecule has 1 heterocycles. The fraction of sp³-hybridized carbons (Fsp3) is 0.400. The van der Waals surface area contributed by atoms with Gasteiger partial charge in [0.05, 0.1) is 26.4 Å². The van der Waals surface area contributed by atoms with Gasteiger partial charge in [-0.1, -0.05) is 66.7 Å². The lowest BCUT2D eigenvalue weighted by atomic mass is 9.96. The minimum absolute atomic E-state index is 0.187. The van der Waals surface area contributed by atoms with Crippen LogP contribution in [-0.2, 0) is 37.0 Å². The summed E-state index contributed by atoms with van der Waals surface area (Å²) in [6, 6.07) is 18.7. The molecule has 2 aromatic carbocycles. The van der Waals surface area contributed by atoms with E-state index in [0.29, 0.717) is 13.2 Å². The number of carbonyl (C=O) groups excluding carboxylic acids is 1. The van der Waals surface area contributed by atoms with Crippen LogP contribution in [0.2, 0.25) is 0 Å². The van der Waals surface area contributed by atoms with E-state index in [2.05, 4.69) is 11.9 Å². The highest BCUT2D eigenvalue weighted by Gasteiger charge is 2.47. The van der Waals surface area contributed by atoms with Crippen molar-refractivity contribution in [2.24, 2.45) is 0 Å². The Morgan fingerprint density at radius 2 is 1.66 bits per heavy atom. The van der Waals surface area contributed by atoms with Gasteiger partial charge >= 0.3 is 0 Å². The summed E-state index contributed by atoms with van der Waals surface area (Å²) in [6.45, 7) is 6.22. The van der Waals surface area contributed by atoms with Gasteiger partial charge in [-0.05, 0) is 11.1 Å². The zero-order chi connectivity index (χ0) is 22.8. The Labute approximate surface area is 188 Å². The highest BCUT2D eigenvalue weighted by molar-refractivity contribution is 5.73. The van der Waals surface area contributed by atoms with Gasteiger partial charge in [0.15, 0.2) is 6.29 Å². The fourth-order valence-corrected chi connectivity index (χ4v) is 3.66. The van der Waals surface area contributed by atoms with Crippen LogP contribution >= 0.6 is 0 Å². The smallest absolute Gasteiger partial charge is 0.217 e. The first-order chi connectivity index (χ1) is 15.6. The summed E-state index contributed by atoms with van der Waals surface area (Å²) in [5.74, 6) is -0.301. The van der Waals surface area contributed by atoms with Crippen LogP contribution in [-0.4, -0.2) is 54.9 Å². The summed E-state index contributed by atoms with van der Waals surface area (Å²) < 4.78 is 23.9. The number of carbonyl (C=O) groups is 1. The van der Waals surface area contributed by atoms with Crippen molar-refractivity contribution in [2.75, 3.05) is 13.2 Å². The second kappa shape index (κ2) is 12.5. The van der Waals surface area contributed by atoms with E-state index < -0.39 is 30.6 Å². The van der Waals surface area contributed by atoms with Gasteiger partial charge in [-0.3, -0.25) is 4.79 Å². The fourth-order valence-electron chi connectivity index (χ4n) is 3.66. The highest BCUT2D eigenvalue weighted by Crippen LogP contribution is 2.27. The van der Waals surface area contributed by atoms with Crippen LogP contribution in [0.1, 0.15) is 18.1 Å². The maximum atomic E-state index is 11.8. The molecule has 1 saturated heterocycles. The number of amides is 1. The quantitative estimate of drug-likeness (QED) is 0.522. The van der Waals surface area contributed by atoms with Gasteiger partial charge in [-0.25, -0.2) is 0 Å². The summed E-state index contributed by atoms with van der Waals surface area (Å²) in [5.41, 5.74) is 2.02. The van der Waals surface area contributed by atoms with Gasteiger partial charge in [0.25, 0.3) is 0 Å². The number of rotatable bonds is 11. The van der Waals surface area contributed by atoms with Gasteiger partial charge in [-0.2, -0.15) is 0 Å². The molecule has 1 amide bonds. The van der Waals surface area contributed by atoms with Crippen LogP contribution in [0, 0.1) is 0 Å². The first kappa shape index (κ1) is 24.1. The molecule has 0 aromatic heterocycles. The van der Waals surface area contributed by atoms with Gasteiger partial charge in [0.1, 0.15) is 24.4 Å². The molecule has 5 atom stereocenters. The molecular formula is C25H31NO6. The average molecular weight is 442 g/mol. The molecule has 1 aliphatic heterocycles. The van der Waals surface area contributed by atoms with Crippen molar-refractivity contribution < 1.29 is 28.8 Å². The monoisotopic (exact) mass is 441 g/mol. The van der Waals surface area contributed by atoms with Crippen molar-refractivity contribution in [1.29, 1.82) is 0 Å². The van der Waals surface area contributed by atoms with Gasteiger partial charge in [0.2, 0.25) is 5.91 Å². The van der Waals surface area contributed by atoms with Crippen LogP contribution in [0.15, 0.2) is 73.3 Å². The number of hydrogen-bond acceptors (Lipinski definition) is 6. The Hall–Kier alpha value is -2.55. The Bertz CT molecular complexity index is 831. The van der Waals surface area contributed by atoms with E-state index >= 15 is 0 Å². The minimum Gasteiger partial charge on any atom is -0.374 e. The third-order valence-corrected chi connectivity index (χ3v) is 5.12. The lowest BCUT2D eigenvalue weighted by Crippen LogP contribution is -2.65. The van der Waals surface area contributed by atoms with E-state index in [1.165, 1.54) is 6.92 Å². The average Bonchev–Trinajstić information content (AvgIpc) is 2.80. The summed E-state index contributed by atoms with van der Waals surface area (Å²) in [4.78, 5) is 11.8. The molecule has 7 heteroatoms. The third-order valence-electron chi connectivity index (χ3n) is 5.12. The molecule has 0 unspecified atom stereocenters. The topological polar surface area (TPSA) is 86.3 Å². The van der Waals surface area contributed by atoms with Crippen molar-refractivity contribution in [3.63, 3.8) is 0 Å². The Balaban J connectivity index is 1.75. The minimum atomic E-state index is -1.27. The second-order valence-corrected chi connectivity index (χ2v) is 7.64. The number of aliphatic hydroxyl groups excluding tert-OH is 1. The summed E-state index contributed by atoms with van der Waals surface area (Å²) in [7, 11) is 0. The number of hydrogen-bond donors (Lipinski definition) is 2. The lowest BCUT2D eigenvalue weighted by Gasteiger charge is -2.44. The number of nitrogens with one attached hydrogen (secondary N) is 1. The van der Waals surface area contributed by atoms with E-state index in [9.17, 15) is 9.90 Å². The molecule has 0 radical (unpaired) electrons.